The summed E-state index contributed by atoms with van der Waals surface area (Å²) < 4.78 is 5.32. The van der Waals surface area contributed by atoms with Gasteiger partial charge in [0.15, 0.2) is 0 Å². The standard InChI is InChI=1S/C23H40O3.C3H8O3/c1-2-3-4-5-6-7-8-9-10-11-12-13-14-15-16-17-18-19-20-26-23(21-24)22-25;4-1-3(6)2-5/h6-7,9-10,12-13,15-16,23-25H,2-5,8,11,14,17-22H2,1H3;3-6H,1-2H2. The Hall–Kier alpha value is -1.28. The summed E-state index contributed by atoms with van der Waals surface area (Å²) in [6.07, 6.45) is 27.7. The monoisotopic (exact) mass is 456 g/mol. The van der Waals surface area contributed by atoms with E-state index < -0.39 is 12.2 Å². The Balaban J connectivity index is 0. The van der Waals surface area contributed by atoms with Crippen LogP contribution in [0.2, 0.25) is 0 Å². The molecule has 6 heteroatoms. The molecule has 0 atom stereocenters. The highest BCUT2D eigenvalue weighted by Gasteiger charge is 2.03. The minimum Gasteiger partial charge on any atom is -0.394 e. The molecule has 0 aromatic rings. The van der Waals surface area contributed by atoms with Gasteiger partial charge in [0.2, 0.25) is 0 Å². The average Bonchev–Trinajstić information content (AvgIpc) is 2.82. The summed E-state index contributed by atoms with van der Waals surface area (Å²) >= 11 is 0. The van der Waals surface area contributed by atoms with E-state index in [9.17, 15) is 0 Å². The molecule has 0 amide bonds. The summed E-state index contributed by atoms with van der Waals surface area (Å²) in [6, 6.07) is 0. The van der Waals surface area contributed by atoms with Crippen LogP contribution in [0.25, 0.3) is 0 Å². The quantitative estimate of drug-likeness (QED) is 0.141. The van der Waals surface area contributed by atoms with Gasteiger partial charge < -0.3 is 30.3 Å². The van der Waals surface area contributed by atoms with Crippen molar-refractivity contribution in [3.8, 4) is 0 Å². The molecule has 0 rings (SSSR count). The van der Waals surface area contributed by atoms with Gasteiger partial charge in [-0.05, 0) is 51.4 Å². The van der Waals surface area contributed by atoms with Crippen molar-refractivity contribution in [2.45, 2.75) is 83.3 Å². The summed E-state index contributed by atoms with van der Waals surface area (Å²) in [6.45, 7) is 1.87. The molecule has 0 heterocycles. The number of unbranched alkanes of at least 4 members (excludes halogenated alkanes) is 5. The fourth-order valence-corrected chi connectivity index (χ4v) is 2.40. The summed E-state index contributed by atoms with van der Waals surface area (Å²) in [5.41, 5.74) is 0. The van der Waals surface area contributed by atoms with Gasteiger partial charge >= 0.3 is 0 Å². The Morgan fingerprint density at radius 3 is 1.41 bits per heavy atom. The Morgan fingerprint density at radius 1 is 0.594 bits per heavy atom. The third-order valence-corrected chi connectivity index (χ3v) is 4.40. The zero-order valence-corrected chi connectivity index (χ0v) is 20.0. The lowest BCUT2D eigenvalue weighted by atomic mass is 10.2. The minimum absolute atomic E-state index is 0.117. The number of aliphatic hydroxyl groups excluding tert-OH is 5. The molecule has 188 valence electrons. The van der Waals surface area contributed by atoms with E-state index in [2.05, 4.69) is 55.5 Å². The molecule has 5 N–H and O–H groups in total. The van der Waals surface area contributed by atoms with Crippen molar-refractivity contribution in [1.82, 2.24) is 0 Å². The molecule has 0 aromatic carbocycles. The molecular weight excluding hydrogens is 408 g/mol. The third kappa shape index (κ3) is 28.7. The first kappa shape index (κ1) is 32.9. The Bertz CT molecular complexity index is 451. The summed E-state index contributed by atoms with van der Waals surface area (Å²) in [5, 5.41) is 41.8. The molecule has 0 saturated carbocycles. The molecule has 0 aromatic heterocycles. The van der Waals surface area contributed by atoms with Gasteiger partial charge in [0.25, 0.3) is 0 Å². The van der Waals surface area contributed by atoms with Gasteiger partial charge in [0, 0.05) is 6.61 Å². The van der Waals surface area contributed by atoms with Gasteiger partial charge in [-0.3, -0.25) is 0 Å². The van der Waals surface area contributed by atoms with Crippen LogP contribution in [0.15, 0.2) is 48.6 Å². The average molecular weight is 457 g/mol. The second-order valence-electron chi connectivity index (χ2n) is 7.46. The zero-order chi connectivity index (χ0) is 24.1. The Kier molecular flexibility index (Phi) is 30.6. The van der Waals surface area contributed by atoms with Crippen LogP contribution in [0.4, 0.5) is 0 Å². The second-order valence-corrected chi connectivity index (χ2v) is 7.46. The minimum atomic E-state index is -0.954. The van der Waals surface area contributed by atoms with Crippen LogP contribution < -0.4 is 0 Å². The van der Waals surface area contributed by atoms with Gasteiger partial charge in [-0.1, -0.05) is 68.4 Å². The van der Waals surface area contributed by atoms with E-state index in [1.54, 1.807) is 0 Å². The highest BCUT2D eigenvalue weighted by molar-refractivity contribution is 4.99. The van der Waals surface area contributed by atoms with E-state index in [1.807, 2.05) is 0 Å². The molecule has 32 heavy (non-hydrogen) atoms. The van der Waals surface area contributed by atoms with Crippen LogP contribution in [-0.2, 0) is 4.74 Å². The number of rotatable bonds is 20. The van der Waals surface area contributed by atoms with Crippen molar-refractivity contribution in [1.29, 1.82) is 0 Å². The van der Waals surface area contributed by atoms with Crippen LogP contribution in [-0.4, -0.2) is 70.8 Å². The van der Waals surface area contributed by atoms with E-state index in [-0.39, 0.29) is 26.4 Å². The van der Waals surface area contributed by atoms with E-state index in [0.717, 1.165) is 38.5 Å². The predicted octanol–water partition coefficient (Wildman–Crippen LogP) is 3.83. The number of allylic oxidation sites excluding steroid dienone is 8. The van der Waals surface area contributed by atoms with E-state index in [4.69, 9.17) is 30.3 Å². The summed E-state index contributed by atoms with van der Waals surface area (Å²) in [7, 11) is 0. The highest BCUT2D eigenvalue weighted by Crippen LogP contribution is 2.02. The first-order valence-electron chi connectivity index (χ1n) is 12.0. The number of hydrogen-bond donors (Lipinski definition) is 5. The number of ether oxygens (including phenoxy) is 1. The van der Waals surface area contributed by atoms with Gasteiger partial charge in [-0.25, -0.2) is 0 Å². The largest absolute Gasteiger partial charge is 0.394 e. The van der Waals surface area contributed by atoms with Gasteiger partial charge in [-0.15, -0.1) is 0 Å². The maximum Gasteiger partial charge on any atom is 0.104 e. The van der Waals surface area contributed by atoms with Gasteiger partial charge in [-0.2, -0.15) is 0 Å². The van der Waals surface area contributed by atoms with Gasteiger partial charge in [0.05, 0.1) is 26.4 Å². The molecule has 0 radical (unpaired) electrons. The predicted molar refractivity (Wildman–Crippen MR) is 132 cm³/mol. The summed E-state index contributed by atoms with van der Waals surface area (Å²) in [5.74, 6) is 0. The van der Waals surface area contributed by atoms with Crippen molar-refractivity contribution < 1.29 is 30.3 Å². The van der Waals surface area contributed by atoms with E-state index >= 15 is 0 Å². The molecule has 0 fully saturated rings. The summed E-state index contributed by atoms with van der Waals surface area (Å²) in [4.78, 5) is 0. The van der Waals surface area contributed by atoms with Crippen molar-refractivity contribution in [2.24, 2.45) is 0 Å². The molecule has 0 bridgehead atoms. The van der Waals surface area contributed by atoms with Crippen molar-refractivity contribution >= 4 is 0 Å². The molecular formula is C26H48O6. The van der Waals surface area contributed by atoms with Crippen LogP contribution >= 0.6 is 0 Å². The van der Waals surface area contributed by atoms with E-state index in [1.165, 1.54) is 25.7 Å². The number of hydrogen-bond acceptors (Lipinski definition) is 6. The normalized spacial score (nSPS) is 12.2. The molecule has 0 aliphatic carbocycles. The zero-order valence-electron chi connectivity index (χ0n) is 20.0. The first-order chi connectivity index (χ1) is 15.7. The smallest absolute Gasteiger partial charge is 0.104 e. The third-order valence-electron chi connectivity index (χ3n) is 4.40. The maximum atomic E-state index is 8.87. The first-order valence-corrected chi connectivity index (χ1v) is 12.0. The van der Waals surface area contributed by atoms with Crippen LogP contribution in [0, 0.1) is 0 Å². The Morgan fingerprint density at radius 2 is 1.03 bits per heavy atom. The van der Waals surface area contributed by atoms with Crippen LogP contribution in [0.5, 0.6) is 0 Å². The molecule has 0 aliphatic heterocycles. The fourth-order valence-electron chi connectivity index (χ4n) is 2.40. The maximum absolute atomic E-state index is 8.87. The molecule has 0 unspecified atom stereocenters. The highest BCUT2D eigenvalue weighted by atomic mass is 16.5. The van der Waals surface area contributed by atoms with E-state index in [0.29, 0.717) is 6.61 Å². The lowest BCUT2D eigenvalue weighted by Crippen LogP contribution is -2.22. The Labute approximate surface area is 195 Å². The van der Waals surface area contributed by atoms with Crippen molar-refractivity contribution in [3.63, 3.8) is 0 Å². The van der Waals surface area contributed by atoms with Crippen LogP contribution in [0.1, 0.15) is 71.1 Å². The molecule has 0 spiro atoms. The molecule has 0 aliphatic rings. The lowest BCUT2D eigenvalue weighted by Gasteiger charge is -2.11. The molecule has 6 nitrogen and oxygen atoms in total. The van der Waals surface area contributed by atoms with Crippen molar-refractivity contribution in [3.05, 3.63) is 48.6 Å². The van der Waals surface area contributed by atoms with Crippen molar-refractivity contribution in [2.75, 3.05) is 33.0 Å². The fraction of sp³-hybridized carbons (Fsp3) is 0.692. The second kappa shape index (κ2) is 29.7. The van der Waals surface area contributed by atoms with Gasteiger partial charge in [0.1, 0.15) is 12.2 Å². The topological polar surface area (TPSA) is 110 Å². The SMILES string of the molecule is CCCCCC=CCC=CCC=CCC=CCCCCOC(CO)CO.OCC(O)CO. The lowest BCUT2D eigenvalue weighted by molar-refractivity contribution is -0.0206. The molecule has 0 saturated heterocycles. The van der Waals surface area contributed by atoms with Crippen LogP contribution in [0.3, 0.4) is 0 Å². The number of aliphatic hydroxyl groups is 5.